The average molecular weight is 417 g/mol. The van der Waals surface area contributed by atoms with Gasteiger partial charge >= 0.3 is 0 Å². The van der Waals surface area contributed by atoms with E-state index >= 15 is 0 Å². The number of rotatable bonds is 6. The first-order valence-corrected chi connectivity index (χ1v) is 9.81. The summed E-state index contributed by atoms with van der Waals surface area (Å²) in [6.45, 7) is 3.29. The molecule has 1 amide bonds. The van der Waals surface area contributed by atoms with E-state index in [0.717, 1.165) is 5.56 Å². The Labute approximate surface area is 162 Å². The van der Waals surface area contributed by atoms with Crippen molar-refractivity contribution in [3.05, 3.63) is 52.0 Å². The van der Waals surface area contributed by atoms with Crippen molar-refractivity contribution < 1.29 is 17.9 Å². The van der Waals surface area contributed by atoms with E-state index in [2.05, 4.69) is 10.0 Å². The van der Waals surface area contributed by atoms with E-state index in [0.29, 0.717) is 11.4 Å². The van der Waals surface area contributed by atoms with Gasteiger partial charge in [-0.2, -0.15) is 4.72 Å². The number of ether oxygens (including phenoxy) is 1. The second kappa shape index (κ2) is 8.26. The van der Waals surface area contributed by atoms with Crippen molar-refractivity contribution in [1.29, 1.82) is 0 Å². The van der Waals surface area contributed by atoms with Gasteiger partial charge in [-0.1, -0.05) is 29.3 Å². The van der Waals surface area contributed by atoms with Gasteiger partial charge in [-0.05, 0) is 49.7 Å². The maximum absolute atomic E-state index is 12.5. The smallest absolute Gasteiger partial charge is 0.242 e. The first kappa shape index (κ1) is 20.5. The summed E-state index contributed by atoms with van der Waals surface area (Å²) in [4.78, 5) is 12.2. The molecule has 1 atom stereocenters. The lowest BCUT2D eigenvalue weighted by Crippen LogP contribution is -2.41. The summed E-state index contributed by atoms with van der Waals surface area (Å²) in [5.41, 5.74) is 1.37. The minimum absolute atomic E-state index is 0.00913. The van der Waals surface area contributed by atoms with E-state index in [4.69, 9.17) is 27.9 Å². The van der Waals surface area contributed by atoms with E-state index in [9.17, 15) is 13.2 Å². The summed E-state index contributed by atoms with van der Waals surface area (Å²) >= 11 is 11.8. The van der Waals surface area contributed by atoms with Crippen molar-refractivity contribution in [1.82, 2.24) is 4.72 Å². The Kier molecular flexibility index (Phi) is 6.52. The second-order valence-electron chi connectivity index (χ2n) is 5.61. The topological polar surface area (TPSA) is 84.5 Å². The highest BCUT2D eigenvalue weighted by Gasteiger charge is 2.25. The molecule has 0 fully saturated rings. The fourth-order valence-electron chi connectivity index (χ4n) is 2.19. The van der Waals surface area contributed by atoms with E-state index < -0.39 is 22.0 Å². The normalized spacial score (nSPS) is 12.5. The molecule has 6 nitrogen and oxygen atoms in total. The van der Waals surface area contributed by atoms with Gasteiger partial charge in [0, 0.05) is 5.02 Å². The monoisotopic (exact) mass is 416 g/mol. The van der Waals surface area contributed by atoms with E-state index in [-0.39, 0.29) is 14.9 Å². The van der Waals surface area contributed by atoms with Crippen LogP contribution in [0.1, 0.15) is 12.5 Å². The molecule has 0 spiro atoms. The lowest BCUT2D eigenvalue weighted by Gasteiger charge is -2.17. The molecule has 26 heavy (non-hydrogen) atoms. The van der Waals surface area contributed by atoms with E-state index in [1.54, 1.807) is 12.1 Å². The predicted octanol–water partition coefficient (Wildman–Crippen LogP) is 3.62. The first-order valence-electron chi connectivity index (χ1n) is 7.57. The number of benzene rings is 2. The fraction of sp³-hybridized carbons (Fsp3) is 0.235. The maximum Gasteiger partial charge on any atom is 0.242 e. The number of aryl methyl sites for hydroxylation is 1. The highest BCUT2D eigenvalue weighted by Crippen LogP contribution is 2.26. The Balaban J connectivity index is 2.19. The Morgan fingerprint density at radius 2 is 1.85 bits per heavy atom. The number of hydrogen-bond donors (Lipinski definition) is 2. The van der Waals surface area contributed by atoms with Crippen molar-refractivity contribution in [2.45, 2.75) is 24.8 Å². The van der Waals surface area contributed by atoms with Crippen LogP contribution in [0.5, 0.6) is 5.75 Å². The molecule has 0 aliphatic rings. The molecular formula is C17H18Cl2N2O4S. The molecule has 0 aliphatic carbocycles. The number of nitrogens with one attached hydrogen (secondary N) is 2. The Morgan fingerprint density at radius 3 is 2.50 bits per heavy atom. The van der Waals surface area contributed by atoms with Gasteiger partial charge in [0.2, 0.25) is 15.9 Å². The zero-order chi connectivity index (χ0) is 19.5. The minimum Gasteiger partial charge on any atom is -0.495 e. The molecule has 2 rings (SSSR count). The number of methoxy groups -OCH3 is 1. The number of halogens is 2. The van der Waals surface area contributed by atoms with E-state index in [1.807, 2.05) is 13.0 Å². The third kappa shape index (κ3) is 4.88. The lowest BCUT2D eigenvalue weighted by atomic mass is 10.2. The second-order valence-corrected chi connectivity index (χ2v) is 8.14. The van der Waals surface area contributed by atoms with Crippen LogP contribution >= 0.6 is 23.2 Å². The summed E-state index contributed by atoms with van der Waals surface area (Å²) in [6.07, 6.45) is 0. The number of amides is 1. The molecule has 0 heterocycles. The highest BCUT2D eigenvalue weighted by molar-refractivity contribution is 7.89. The summed E-state index contributed by atoms with van der Waals surface area (Å²) in [5, 5.41) is 2.88. The molecule has 2 aromatic rings. The zero-order valence-corrected chi connectivity index (χ0v) is 16.7. The van der Waals surface area contributed by atoms with E-state index in [1.165, 1.54) is 32.2 Å². The lowest BCUT2D eigenvalue weighted by molar-refractivity contribution is -0.117. The Morgan fingerprint density at radius 1 is 1.15 bits per heavy atom. The minimum atomic E-state index is -4.03. The number of anilines is 1. The van der Waals surface area contributed by atoms with Crippen molar-refractivity contribution in [3.8, 4) is 5.75 Å². The van der Waals surface area contributed by atoms with Crippen LogP contribution in [0.4, 0.5) is 5.69 Å². The van der Waals surface area contributed by atoms with Crippen LogP contribution in [0.2, 0.25) is 10.0 Å². The molecule has 0 bridgehead atoms. The largest absolute Gasteiger partial charge is 0.495 e. The van der Waals surface area contributed by atoms with Gasteiger partial charge in [0.15, 0.2) is 0 Å². The highest BCUT2D eigenvalue weighted by atomic mass is 35.5. The number of sulfonamides is 1. The maximum atomic E-state index is 12.5. The third-order valence-corrected chi connectivity index (χ3v) is 5.78. The van der Waals surface area contributed by atoms with Crippen molar-refractivity contribution in [3.63, 3.8) is 0 Å². The van der Waals surface area contributed by atoms with Crippen molar-refractivity contribution in [2.75, 3.05) is 12.4 Å². The summed E-state index contributed by atoms with van der Waals surface area (Å²) in [5.74, 6) is -0.0764. The van der Waals surface area contributed by atoms with Gasteiger partial charge in [-0.25, -0.2) is 8.42 Å². The molecule has 140 valence electrons. The SMILES string of the molecule is COc1ccc(C)cc1NC(=O)[C@H](C)NS(=O)(=O)c1cc(Cl)ccc1Cl. The molecule has 0 saturated heterocycles. The zero-order valence-electron chi connectivity index (χ0n) is 14.3. The van der Waals surface area contributed by atoms with Crippen LogP contribution in [0, 0.1) is 6.92 Å². The van der Waals surface area contributed by atoms with Gasteiger partial charge in [0.1, 0.15) is 10.6 Å². The Hall–Kier alpha value is -1.80. The van der Waals surface area contributed by atoms with Crippen LogP contribution in [-0.4, -0.2) is 27.5 Å². The fourth-order valence-corrected chi connectivity index (χ4v) is 4.16. The quantitative estimate of drug-likeness (QED) is 0.752. The molecular weight excluding hydrogens is 399 g/mol. The molecule has 0 aliphatic heterocycles. The Bertz CT molecular complexity index is 932. The van der Waals surface area contributed by atoms with Crippen molar-refractivity contribution >= 4 is 44.8 Å². The van der Waals surface area contributed by atoms with Gasteiger partial charge < -0.3 is 10.1 Å². The first-order chi connectivity index (χ1) is 12.1. The molecule has 2 aromatic carbocycles. The van der Waals surface area contributed by atoms with Gasteiger partial charge in [0.25, 0.3) is 0 Å². The molecule has 2 N–H and O–H groups in total. The van der Waals surface area contributed by atoms with Crippen molar-refractivity contribution in [2.24, 2.45) is 0 Å². The molecule has 0 aromatic heterocycles. The predicted molar refractivity (Wildman–Crippen MR) is 103 cm³/mol. The molecule has 0 saturated carbocycles. The van der Waals surface area contributed by atoms with Crippen LogP contribution in [-0.2, 0) is 14.8 Å². The average Bonchev–Trinajstić information content (AvgIpc) is 2.56. The van der Waals surface area contributed by atoms with Crippen LogP contribution < -0.4 is 14.8 Å². The van der Waals surface area contributed by atoms with Gasteiger partial charge in [0.05, 0.1) is 23.9 Å². The number of carbonyl (C=O) groups is 1. The van der Waals surface area contributed by atoms with Crippen LogP contribution in [0.25, 0.3) is 0 Å². The van der Waals surface area contributed by atoms with Crippen LogP contribution in [0.15, 0.2) is 41.3 Å². The summed E-state index contributed by atoms with van der Waals surface area (Å²) in [7, 11) is -2.55. The van der Waals surface area contributed by atoms with Gasteiger partial charge in [-0.3, -0.25) is 4.79 Å². The summed E-state index contributed by atoms with van der Waals surface area (Å²) in [6, 6.07) is 8.30. The number of hydrogen-bond acceptors (Lipinski definition) is 4. The summed E-state index contributed by atoms with van der Waals surface area (Å²) < 4.78 is 32.5. The van der Waals surface area contributed by atoms with Gasteiger partial charge in [-0.15, -0.1) is 0 Å². The van der Waals surface area contributed by atoms with Crippen LogP contribution in [0.3, 0.4) is 0 Å². The molecule has 9 heteroatoms. The molecule has 0 unspecified atom stereocenters. The third-order valence-electron chi connectivity index (χ3n) is 3.52. The standard InChI is InChI=1S/C17H18Cl2N2O4S/c1-10-4-7-15(25-3)14(8-10)20-17(22)11(2)21-26(23,24)16-9-12(18)5-6-13(16)19/h4-9,11,21H,1-3H3,(H,20,22)/t11-/m0/s1. The molecule has 0 radical (unpaired) electrons. The number of carbonyl (C=O) groups excluding carboxylic acids is 1.